The molecule has 0 aromatic carbocycles. The third kappa shape index (κ3) is 12.2. The Bertz CT molecular complexity index is 168. The Kier molecular flexibility index (Phi) is 14.5. The number of allylic oxidation sites excluding steroid dienone is 1. The standard InChI is InChI=1S/C17H34O/c1-3-5-7-9-11-13-17(15-16-18)14-12-10-8-6-4-2/h15,18H,3-14,16H2,1-2H3. The van der Waals surface area contributed by atoms with Crippen LogP contribution in [0.2, 0.25) is 0 Å². The predicted octanol–water partition coefficient (Wildman–Crippen LogP) is 5.63. The van der Waals surface area contributed by atoms with E-state index in [9.17, 15) is 0 Å². The molecule has 0 aliphatic rings. The second-order valence-electron chi connectivity index (χ2n) is 5.37. The van der Waals surface area contributed by atoms with E-state index in [0.717, 1.165) is 0 Å². The molecule has 0 amide bonds. The zero-order chi connectivity index (χ0) is 13.5. The highest BCUT2D eigenvalue weighted by Crippen LogP contribution is 2.17. The summed E-state index contributed by atoms with van der Waals surface area (Å²) in [4.78, 5) is 0. The van der Waals surface area contributed by atoms with Gasteiger partial charge in [0.1, 0.15) is 0 Å². The van der Waals surface area contributed by atoms with Crippen LogP contribution in [0.4, 0.5) is 0 Å². The van der Waals surface area contributed by atoms with Crippen molar-refractivity contribution in [2.75, 3.05) is 6.61 Å². The van der Waals surface area contributed by atoms with Crippen LogP contribution < -0.4 is 0 Å². The third-order valence-corrected chi connectivity index (χ3v) is 3.58. The Morgan fingerprint density at radius 1 is 0.722 bits per heavy atom. The molecule has 0 saturated carbocycles. The minimum Gasteiger partial charge on any atom is -0.392 e. The van der Waals surface area contributed by atoms with Gasteiger partial charge in [0.25, 0.3) is 0 Å². The van der Waals surface area contributed by atoms with Crippen molar-refractivity contribution in [3.05, 3.63) is 11.6 Å². The lowest BCUT2D eigenvalue weighted by molar-refractivity contribution is 0.341. The molecule has 0 aromatic rings. The summed E-state index contributed by atoms with van der Waals surface area (Å²) >= 11 is 0. The lowest BCUT2D eigenvalue weighted by Crippen LogP contribution is -1.89. The fourth-order valence-corrected chi connectivity index (χ4v) is 2.37. The zero-order valence-corrected chi connectivity index (χ0v) is 12.7. The van der Waals surface area contributed by atoms with Crippen LogP contribution in [-0.2, 0) is 0 Å². The Labute approximate surface area is 115 Å². The first-order valence-electron chi connectivity index (χ1n) is 8.13. The van der Waals surface area contributed by atoms with E-state index < -0.39 is 0 Å². The summed E-state index contributed by atoms with van der Waals surface area (Å²) in [7, 11) is 0. The fourth-order valence-electron chi connectivity index (χ4n) is 2.37. The van der Waals surface area contributed by atoms with Gasteiger partial charge in [-0.1, -0.05) is 76.9 Å². The van der Waals surface area contributed by atoms with Gasteiger partial charge in [-0.2, -0.15) is 0 Å². The Balaban J connectivity index is 3.56. The fraction of sp³-hybridized carbons (Fsp3) is 0.882. The van der Waals surface area contributed by atoms with E-state index in [1.807, 2.05) is 6.08 Å². The number of rotatable bonds is 13. The number of hydrogen-bond donors (Lipinski definition) is 1. The molecule has 18 heavy (non-hydrogen) atoms. The van der Waals surface area contributed by atoms with Crippen molar-refractivity contribution < 1.29 is 5.11 Å². The Hall–Kier alpha value is -0.300. The number of unbranched alkanes of at least 4 members (excludes halogenated alkanes) is 8. The SMILES string of the molecule is CCCCCCCC(=CCO)CCCCCCC. The minimum atomic E-state index is 0.221. The van der Waals surface area contributed by atoms with Crippen molar-refractivity contribution in [3.63, 3.8) is 0 Å². The topological polar surface area (TPSA) is 20.2 Å². The molecule has 0 aliphatic carbocycles. The minimum absolute atomic E-state index is 0.221. The maximum Gasteiger partial charge on any atom is 0.0615 e. The molecule has 0 heterocycles. The first-order valence-corrected chi connectivity index (χ1v) is 8.13. The van der Waals surface area contributed by atoms with E-state index in [4.69, 9.17) is 5.11 Å². The molecule has 0 rings (SSSR count). The largest absolute Gasteiger partial charge is 0.392 e. The molecular formula is C17H34O. The lowest BCUT2D eigenvalue weighted by Gasteiger charge is -2.07. The van der Waals surface area contributed by atoms with E-state index >= 15 is 0 Å². The highest BCUT2D eigenvalue weighted by molar-refractivity contribution is 5.01. The zero-order valence-electron chi connectivity index (χ0n) is 12.7. The number of aliphatic hydroxyl groups is 1. The van der Waals surface area contributed by atoms with Crippen molar-refractivity contribution in [3.8, 4) is 0 Å². The highest BCUT2D eigenvalue weighted by Gasteiger charge is 1.98. The van der Waals surface area contributed by atoms with Gasteiger partial charge in [0.2, 0.25) is 0 Å². The van der Waals surface area contributed by atoms with E-state index in [-0.39, 0.29) is 6.61 Å². The van der Waals surface area contributed by atoms with Gasteiger partial charge in [-0.05, 0) is 25.7 Å². The van der Waals surface area contributed by atoms with E-state index in [1.54, 1.807) is 0 Å². The van der Waals surface area contributed by atoms with E-state index in [0.29, 0.717) is 0 Å². The number of aliphatic hydroxyl groups excluding tert-OH is 1. The van der Waals surface area contributed by atoms with Crippen LogP contribution in [0, 0.1) is 0 Å². The van der Waals surface area contributed by atoms with Crippen LogP contribution in [-0.4, -0.2) is 11.7 Å². The molecule has 0 spiro atoms. The van der Waals surface area contributed by atoms with Gasteiger partial charge in [0.15, 0.2) is 0 Å². The van der Waals surface area contributed by atoms with Gasteiger partial charge in [0.05, 0.1) is 6.61 Å². The van der Waals surface area contributed by atoms with Crippen LogP contribution in [0.15, 0.2) is 11.6 Å². The summed E-state index contributed by atoms with van der Waals surface area (Å²) in [5.74, 6) is 0. The van der Waals surface area contributed by atoms with Gasteiger partial charge in [-0.15, -0.1) is 0 Å². The Morgan fingerprint density at radius 3 is 1.56 bits per heavy atom. The molecule has 1 nitrogen and oxygen atoms in total. The molecule has 0 aromatic heterocycles. The van der Waals surface area contributed by atoms with Crippen molar-refractivity contribution in [1.82, 2.24) is 0 Å². The van der Waals surface area contributed by atoms with Gasteiger partial charge in [-0.25, -0.2) is 0 Å². The molecule has 0 unspecified atom stereocenters. The molecule has 0 bridgehead atoms. The molecule has 1 heteroatoms. The summed E-state index contributed by atoms with van der Waals surface area (Å²) < 4.78 is 0. The van der Waals surface area contributed by atoms with Crippen LogP contribution in [0.1, 0.15) is 90.9 Å². The molecule has 0 atom stereocenters. The number of hydrogen-bond acceptors (Lipinski definition) is 1. The highest BCUT2D eigenvalue weighted by atomic mass is 16.2. The molecule has 0 radical (unpaired) electrons. The van der Waals surface area contributed by atoms with Crippen LogP contribution in [0.5, 0.6) is 0 Å². The summed E-state index contributed by atoms with van der Waals surface area (Å²) in [6.45, 7) is 4.74. The smallest absolute Gasteiger partial charge is 0.0615 e. The first kappa shape index (κ1) is 17.7. The van der Waals surface area contributed by atoms with Crippen LogP contribution in [0.25, 0.3) is 0 Å². The van der Waals surface area contributed by atoms with Crippen LogP contribution in [0.3, 0.4) is 0 Å². The average Bonchev–Trinajstić information content (AvgIpc) is 2.38. The van der Waals surface area contributed by atoms with Gasteiger partial charge in [0, 0.05) is 0 Å². The maximum absolute atomic E-state index is 9.04. The van der Waals surface area contributed by atoms with Crippen molar-refractivity contribution in [2.45, 2.75) is 90.9 Å². The summed E-state index contributed by atoms with van der Waals surface area (Å²) in [6, 6.07) is 0. The molecule has 0 fully saturated rings. The monoisotopic (exact) mass is 254 g/mol. The second kappa shape index (κ2) is 14.8. The molecule has 0 aliphatic heterocycles. The molecular weight excluding hydrogens is 220 g/mol. The van der Waals surface area contributed by atoms with Crippen molar-refractivity contribution in [1.29, 1.82) is 0 Å². The second-order valence-corrected chi connectivity index (χ2v) is 5.37. The Morgan fingerprint density at radius 2 is 1.17 bits per heavy atom. The molecule has 0 saturated heterocycles. The first-order chi connectivity index (χ1) is 8.85. The average molecular weight is 254 g/mol. The summed E-state index contributed by atoms with van der Waals surface area (Å²) in [5.41, 5.74) is 1.49. The third-order valence-electron chi connectivity index (χ3n) is 3.58. The predicted molar refractivity (Wildman–Crippen MR) is 81.9 cm³/mol. The van der Waals surface area contributed by atoms with E-state index in [2.05, 4.69) is 13.8 Å². The van der Waals surface area contributed by atoms with Gasteiger partial charge < -0.3 is 5.11 Å². The van der Waals surface area contributed by atoms with E-state index in [1.165, 1.54) is 82.6 Å². The summed E-state index contributed by atoms with van der Waals surface area (Å²) in [6.07, 6.45) is 17.9. The van der Waals surface area contributed by atoms with Gasteiger partial charge >= 0.3 is 0 Å². The normalized spacial score (nSPS) is 10.6. The van der Waals surface area contributed by atoms with Gasteiger partial charge in [-0.3, -0.25) is 0 Å². The van der Waals surface area contributed by atoms with Crippen molar-refractivity contribution >= 4 is 0 Å². The molecule has 108 valence electrons. The quantitative estimate of drug-likeness (QED) is 0.334. The van der Waals surface area contributed by atoms with Crippen LogP contribution >= 0.6 is 0 Å². The van der Waals surface area contributed by atoms with Crippen molar-refractivity contribution in [2.24, 2.45) is 0 Å². The maximum atomic E-state index is 9.04. The molecule has 1 N–H and O–H groups in total. The summed E-state index contributed by atoms with van der Waals surface area (Å²) in [5, 5.41) is 9.04. The lowest BCUT2D eigenvalue weighted by atomic mass is 9.99.